The Morgan fingerprint density at radius 1 is 1.24 bits per heavy atom. The van der Waals surface area contributed by atoms with Gasteiger partial charge in [-0.05, 0) is 24.3 Å². The second-order valence-corrected chi connectivity index (χ2v) is 6.71. The van der Waals surface area contributed by atoms with Crippen molar-refractivity contribution in [1.29, 1.82) is 0 Å². The van der Waals surface area contributed by atoms with E-state index >= 15 is 0 Å². The van der Waals surface area contributed by atoms with Gasteiger partial charge in [-0.1, -0.05) is 6.92 Å². The van der Waals surface area contributed by atoms with E-state index in [1.165, 1.54) is 23.3 Å². The first kappa shape index (κ1) is 17.4. The summed E-state index contributed by atoms with van der Waals surface area (Å²) in [6.07, 6.45) is -2.98. The van der Waals surface area contributed by atoms with Crippen molar-refractivity contribution < 1.29 is 22.1 Å². The molecule has 3 aromatic rings. The van der Waals surface area contributed by atoms with Crippen LogP contribution in [0, 0.1) is 0 Å². The maximum Gasteiger partial charge on any atom is 0.416 e. The Morgan fingerprint density at radius 3 is 2.64 bits per heavy atom. The summed E-state index contributed by atoms with van der Waals surface area (Å²) < 4.78 is 57.8. The molecule has 0 N–H and O–H groups in total. The van der Waals surface area contributed by atoms with E-state index < -0.39 is 22.7 Å². The van der Waals surface area contributed by atoms with Crippen molar-refractivity contribution in [2.24, 2.45) is 0 Å². The standard InChI is InChI=1S/C16H14F3N3O2S/c1-3-25(23)22-14-5-4-10(16(17,18)19)8-12(14)21-15(22)13-9-11(24-2)6-7-20-13/h4-9H,3H2,1-2H3. The third kappa shape index (κ3) is 3.23. The first-order valence-corrected chi connectivity index (χ1v) is 8.61. The lowest BCUT2D eigenvalue weighted by Gasteiger charge is -2.08. The van der Waals surface area contributed by atoms with Crippen LogP contribution in [0.15, 0.2) is 36.5 Å². The van der Waals surface area contributed by atoms with Crippen LogP contribution in [0.5, 0.6) is 5.75 Å². The molecule has 0 aliphatic carbocycles. The minimum absolute atomic E-state index is 0.108. The maximum absolute atomic E-state index is 12.9. The molecule has 1 unspecified atom stereocenters. The quantitative estimate of drug-likeness (QED) is 0.704. The van der Waals surface area contributed by atoms with Crippen molar-refractivity contribution in [2.45, 2.75) is 13.1 Å². The molecule has 0 amide bonds. The van der Waals surface area contributed by atoms with Crippen LogP contribution in [0.4, 0.5) is 13.2 Å². The number of imidazole rings is 1. The molecule has 0 saturated heterocycles. The Hall–Kier alpha value is -2.42. The molecule has 9 heteroatoms. The van der Waals surface area contributed by atoms with E-state index in [1.54, 1.807) is 19.1 Å². The molecular formula is C16H14F3N3O2S. The van der Waals surface area contributed by atoms with Gasteiger partial charge in [-0.15, -0.1) is 0 Å². The zero-order valence-corrected chi connectivity index (χ0v) is 14.2. The van der Waals surface area contributed by atoms with Crippen LogP contribution < -0.4 is 4.74 Å². The number of ether oxygens (including phenoxy) is 1. The van der Waals surface area contributed by atoms with E-state index in [2.05, 4.69) is 9.97 Å². The van der Waals surface area contributed by atoms with Crippen LogP contribution in [0.25, 0.3) is 22.6 Å². The molecule has 0 radical (unpaired) electrons. The predicted molar refractivity (Wildman–Crippen MR) is 88.6 cm³/mol. The molecule has 3 rings (SSSR count). The van der Waals surface area contributed by atoms with Crippen LogP contribution in [-0.2, 0) is 17.2 Å². The van der Waals surface area contributed by atoms with Gasteiger partial charge >= 0.3 is 6.18 Å². The van der Waals surface area contributed by atoms with Gasteiger partial charge in [0.1, 0.15) is 22.4 Å². The SMILES string of the molecule is CCS(=O)n1c(-c2cc(OC)ccn2)nc2cc(C(F)(F)F)ccc21. The Morgan fingerprint density at radius 2 is 2.00 bits per heavy atom. The molecule has 0 aliphatic rings. The number of hydrogen-bond acceptors (Lipinski definition) is 4. The van der Waals surface area contributed by atoms with Gasteiger partial charge in [0.2, 0.25) is 0 Å². The van der Waals surface area contributed by atoms with Gasteiger partial charge in [-0.25, -0.2) is 13.2 Å². The lowest BCUT2D eigenvalue weighted by molar-refractivity contribution is -0.137. The van der Waals surface area contributed by atoms with Crippen LogP contribution in [-0.4, -0.2) is 31.0 Å². The molecule has 0 spiro atoms. The zero-order chi connectivity index (χ0) is 18.2. The zero-order valence-electron chi connectivity index (χ0n) is 13.4. The second kappa shape index (κ2) is 6.47. The smallest absolute Gasteiger partial charge is 0.416 e. The van der Waals surface area contributed by atoms with Gasteiger partial charge in [-0.3, -0.25) is 4.98 Å². The van der Waals surface area contributed by atoms with Crippen molar-refractivity contribution in [3.63, 3.8) is 0 Å². The molecule has 132 valence electrons. The number of hydrogen-bond donors (Lipinski definition) is 0. The van der Waals surface area contributed by atoms with E-state index in [0.29, 0.717) is 17.0 Å². The van der Waals surface area contributed by atoms with Gasteiger partial charge in [0.25, 0.3) is 0 Å². The number of nitrogens with zero attached hydrogens (tertiary/aromatic N) is 3. The maximum atomic E-state index is 12.9. The second-order valence-electron chi connectivity index (χ2n) is 5.12. The summed E-state index contributed by atoms with van der Waals surface area (Å²) in [7, 11) is -0.00211. The number of alkyl halides is 3. The molecule has 0 fully saturated rings. The van der Waals surface area contributed by atoms with Gasteiger partial charge in [0, 0.05) is 18.0 Å². The molecular weight excluding hydrogens is 355 g/mol. The summed E-state index contributed by atoms with van der Waals surface area (Å²) in [6.45, 7) is 1.72. The van der Waals surface area contributed by atoms with Crippen molar-refractivity contribution in [3.8, 4) is 17.3 Å². The highest BCUT2D eigenvalue weighted by molar-refractivity contribution is 7.83. The van der Waals surface area contributed by atoms with Gasteiger partial charge in [0.05, 0.1) is 23.7 Å². The summed E-state index contributed by atoms with van der Waals surface area (Å²) in [6, 6.07) is 6.41. The van der Waals surface area contributed by atoms with Crippen LogP contribution in [0.2, 0.25) is 0 Å². The Kier molecular flexibility index (Phi) is 4.51. The van der Waals surface area contributed by atoms with Crippen molar-refractivity contribution in [1.82, 2.24) is 13.9 Å². The number of halogens is 3. The molecule has 0 bridgehead atoms. The van der Waals surface area contributed by atoms with E-state index in [4.69, 9.17) is 4.74 Å². The number of benzene rings is 1. The Labute approximate surface area is 144 Å². The number of fused-ring (bicyclic) bond motifs is 1. The molecule has 25 heavy (non-hydrogen) atoms. The highest BCUT2D eigenvalue weighted by Crippen LogP contribution is 2.33. The van der Waals surface area contributed by atoms with Crippen LogP contribution >= 0.6 is 0 Å². The van der Waals surface area contributed by atoms with Crippen molar-refractivity contribution in [3.05, 3.63) is 42.1 Å². The number of aromatic nitrogens is 3. The van der Waals surface area contributed by atoms with Crippen LogP contribution in [0.3, 0.4) is 0 Å². The van der Waals surface area contributed by atoms with Crippen LogP contribution in [0.1, 0.15) is 12.5 Å². The van der Waals surface area contributed by atoms with E-state index in [9.17, 15) is 17.4 Å². The average molecular weight is 369 g/mol. The van der Waals surface area contributed by atoms with Crippen molar-refractivity contribution in [2.75, 3.05) is 12.9 Å². The number of pyridine rings is 1. The molecule has 5 nitrogen and oxygen atoms in total. The Bertz CT molecular complexity index is 953. The number of rotatable bonds is 4. The van der Waals surface area contributed by atoms with E-state index in [-0.39, 0.29) is 17.1 Å². The first-order valence-electron chi connectivity index (χ1n) is 7.34. The summed E-state index contributed by atoms with van der Waals surface area (Å²) in [4.78, 5) is 8.43. The monoisotopic (exact) mass is 369 g/mol. The summed E-state index contributed by atoms with van der Waals surface area (Å²) >= 11 is 0. The Balaban J connectivity index is 2.27. The molecule has 2 aromatic heterocycles. The number of methoxy groups -OCH3 is 1. The fraction of sp³-hybridized carbons (Fsp3) is 0.250. The molecule has 0 aliphatic heterocycles. The highest BCUT2D eigenvalue weighted by Gasteiger charge is 2.31. The largest absolute Gasteiger partial charge is 0.497 e. The van der Waals surface area contributed by atoms with Gasteiger partial charge < -0.3 is 4.74 Å². The minimum Gasteiger partial charge on any atom is -0.497 e. The van der Waals surface area contributed by atoms with E-state index in [0.717, 1.165) is 12.1 Å². The molecule has 2 heterocycles. The molecule has 0 saturated carbocycles. The van der Waals surface area contributed by atoms with Gasteiger partial charge in [0.15, 0.2) is 5.82 Å². The van der Waals surface area contributed by atoms with Crippen molar-refractivity contribution >= 4 is 22.0 Å². The lowest BCUT2D eigenvalue weighted by Crippen LogP contribution is -2.09. The van der Waals surface area contributed by atoms with Gasteiger partial charge in [-0.2, -0.15) is 13.2 Å². The summed E-state index contributed by atoms with van der Waals surface area (Å²) in [5.41, 5.74) is 0.0204. The normalized spacial score (nSPS) is 13.2. The first-order chi connectivity index (χ1) is 11.8. The fourth-order valence-corrected chi connectivity index (χ4v) is 3.35. The topological polar surface area (TPSA) is 57.0 Å². The van der Waals surface area contributed by atoms with E-state index in [1.807, 2.05) is 0 Å². The molecule has 1 aromatic carbocycles. The average Bonchev–Trinajstić information content (AvgIpc) is 2.99. The summed E-state index contributed by atoms with van der Waals surface area (Å²) in [5.74, 6) is 1.03. The summed E-state index contributed by atoms with van der Waals surface area (Å²) in [5, 5.41) is 0. The fourth-order valence-electron chi connectivity index (χ4n) is 2.39. The minimum atomic E-state index is -4.48. The third-order valence-electron chi connectivity index (χ3n) is 3.59. The predicted octanol–water partition coefficient (Wildman–Crippen LogP) is 3.66. The highest BCUT2D eigenvalue weighted by atomic mass is 32.2. The lowest BCUT2D eigenvalue weighted by atomic mass is 10.2. The molecule has 1 atom stereocenters. The third-order valence-corrected chi connectivity index (χ3v) is 4.86.